The highest BCUT2D eigenvalue weighted by Crippen LogP contribution is 2.16. The number of aliphatic carboxylic acids is 2. The maximum absolute atomic E-state index is 10.6. The van der Waals surface area contributed by atoms with Crippen LogP contribution in [0.2, 0.25) is 0 Å². The molecule has 0 unspecified atom stereocenters. The molecule has 0 bridgehead atoms. The molecular formula is C22H25F6N7O4. The second kappa shape index (κ2) is 14.2. The SMILES string of the molecule is O=C(O)C(F)(F)F.O=C(O)C(F)(F)F.c1ccc(-c2ncc(CN3CCN(CCn4cncn4)CC3)[nH]2)cc1. The van der Waals surface area contributed by atoms with Gasteiger partial charge in [-0.25, -0.2) is 19.6 Å². The number of carbonyl (C=O) groups is 2. The fraction of sp³-hybridized carbons (Fsp3) is 0.409. The van der Waals surface area contributed by atoms with Crippen molar-refractivity contribution in [2.24, 2.45) is 0 Å². The minimum absolute atomic E-state index is 0.904. The van der Waals surface area contributed by atoms with Crippen LogP contribution < -0.4 is 0 Å². The van der Waals surface area contributed by atoms with Crippen molar-refractivity contribution in [1.82, 2.24) is 34.5 Å². The van der Waals surface area contributed by atoms with E-state index < -0.39 is 24.3 Å². The molecule has 1 aliphatic heterocycles. The molecule has 3 N–H and O–H groups in total. The summed E-state index contributed by atoms with van der Waals surface area (Å²) in [6, 6.07) is 10.3. The lowest BCUT2D eigenvalue weighted by atomic mass is 10.2. The molecule has 0 saturated carbocycles. The zero-order valence-corrected chi connectivity index (χ0v) is 20.2. The second-order valence-electron chi connectivity index (χ2n) is 8.01. The number of carboxylic acids is 2. The molecule has 0 aliphatic carbocycles. The van der Waals surface area contributed by atoms with E-state index in [9.17, 15) is 26.3 Å². The fourth-order valence-electron chi connectivity index (χ4n) is 3.19. The number of hydrogen-bond donors (Lipinski definition) is 3. The Kier molecular flexibility index (Phi) is 11.4. The number of nitrogens with one attached hydrogen (secondary N) is 1. The van der Waals surface area contributed by atoms with Gasteiger partial charge in [0.1, 0.15) is 18.5 Å². The number of imidazole rings is 1. The fourth-order valence-corrected chi connectivity index (χ4v) is 3.19. The molecule has 3 heterocycles. The zero-order valence-electron chi connectivity index (χ0n) is 20.2. The number of hydrogen-bond acceptors (Lipinski definition) is 7. The second-order valence-corrected chi connectivity index (χ2v) is 8.01. The summed E-state index contributed by atoms with van der Waals surface area (Å²) in [6.07, 6.45) is -4.84. The van der Waals surface area contributed by atoms with Gasteiger partial charge in [-0.05, 0) is 0 Å². The predicted octanol–water partition coefficient (Wildman–Crippen LogP) is 2.75. The lowest BCUT2D eigenvalue weighted by Gasteiger charge is -2.34. The van der Waals surface area contributed by atoms with Gasteiger partial charge >= 0.3 is 24.3 Å². The van der Waals surface area contributed by atoms with Crippen LogP contribution in [0.15, 0.2) is 49.2 Å². The molecule has 39 heavy (non-hydrogen) atoms. The third-order valence-corrected chi connectivity index (χ3v) is 5.13. The van der Waals surface area contributed by atoms with E-state index >= 15 is 0 Å². The minimum Gasteiger partial charge on any atom is -0.475 e. The maximum Gasteiger partial charge on any atom is 0.490 e. The molecule has 0 amide bonds. The summed E-state index contributed by atoms with van der Waals surface area (Å²) in [5.74, 6) is -4.57. The van der Waals surface area contributed by atoms with Crippen LogP contribution in [0.4, 0.5) is 26.3 Å². The number of halogens is 6. The Balaban J connectivity index is 0.000000317. The van der Waals surface area contributed by atoms with Gasteiger partial charge in [-0.15, -0.1) is 0 Å². The molecule has 11 nitrogen and oxygen atoms in total. The van der Waals surface area contributed by atoms with Crippen LogP contribution in [0.5, 0.6) is 0 Å². The molecule has 0 spiro atoms. The first kappa shape index (κ1) is 31.2. The number of nitrogens with zero attached hydrogens (tertiary/aromatic N) is 6. The molecule has 1 aliphatic rings. The van der Waals surface area contributed by atoms with E-state index in [1.165, 1.54) is 5.69 Å². The lowest BCUT2D eigenvalue weighted by molar-refractivity contribution is -0.193. The largest absolute Gasteiger partial charge is 0.490 e. The first-order valence-corrected chi connectivity index (χ1v) is 11.2. The zero-order chi connectivity index (χ0) is 29.1. The topological polar surface area (TPSA) is 140 Å². The predicted molar refractivity (Wildman–Crippen MR) is 123 cm³/mol. The smallest absolute Gasteiger partial charge is 0.475 e. The summed E-state index contributed by atoms with van der Waals surface area (Å²) >= 11 is 0. The first-order valence-electron chi connectivity index (χ1n) is 11.2. The highest BCUT2D eigenvalue weighted by atomic mass is 19.4. The third-order valence-electron chi connectivity index (χ3n) is 5.13. The Morgan fingerprint density at radius 3 is 1.90 bits per heavy atom. The number of piperazine rings is 1. The summed E-state index contributed by atoms with van der Waals surface area (Å²) in [7, 11) is 0. The van der Waals surface area contributed by atoms with Crippen LogP contribution in [0.3, 0.4) is 0 Å². The van der Waals surface area contributed by atoms with Gasteiger partial charge in [0, 0.05) is 56.7 Å². The van der Waals surface area contributed by atoms with Gasteiger partial charge in [0.05, 0.1) is 6.54 Å². The number of rotatable bonds is 6. The standard InChI is InChI=1S/C18H23N7.2C2HF3O2/c1-2-4-16(5-3-1)18-20-12-17(22-18)13-24-8-6-23(7-9-24)10-11-25-15-19-14-21-25;2*3-2(4,5)1(6)7/h1-5,12,14-15H,6-11,13H2,(H,20,22);2*(H,6,7). The first-order chi connectivity index (χ1) is 18.3. The van der Waals surface area contributed by atoms with Crippen LogP contribution >= 0.6 is 0 Å². The van der Waals surface area contributed by atoms with Crippen molar-refractivity contribution in [1.29, 1.82) is 0 Å². The molecule has 3 aromatic rings. The van der Waals surface area contributed by atoms with Crippen molar-refractivity contribution in [2.75, 3.05) is 32.7 Å². The molecule has 17 heteroatoms. The molecule has 214 valence electrons. The number of H-pyrrole nitrogens is 1. The van der Waals surface area contributed by atoms with Gasteiger partial charge < -0.3 is 15.2 Å². The van der Waals surface area contributed by atoms with Crippen molar-refractivity contribution >= 4 is 11.9 Å². The Morgan fingerprint density at radius 1 is 0.872 bits per heavy atom. The van der Waals surface area contributed by atoms with Crippen LogP contribution in [0.1, 0.15) is 5.69 Å². The van der Waals surface area contributed by atoms with E-state index in [4.69, 9.17) is 19.8 Å². The van der Waals surface area contributed by atoms with Crippen molar-refractivity contribution < 1.29 is 46.1 Å². The third kappa shape index (κ3) is 11.5. The molecular weight excluding hydrogens is 540 g/mol. The normalized spacial score (nSPS) is 14.5. The van der Waals surface area contributed by atoms with Crippen LogP contribution in [0.25, 0.3) is 11.4 Å². The molecule has 4 rings (SSSR count). The summed E-state index contributed by atoms with van der Waals surface area (Å²) < 4.78 is 65.4. The average Bonchev–Trinajstić information content (AvgIpc) is 3.56. The van der Waals surface area contributed by atoms with Crippen LogP contribution in [0, 0.1) is 0 Å². The number of carboxylic acid groups (broad SMARTS) is 2. The summed E-state index contributed by atoms with van der Waals surface area (Å²) in [6.45, 7) is 7.20. The van der Waals surface area contributed by atoms with Crippen molar-refractivity contribution in [3.8, 4) is 11.4 Å². The Hall–Kier alpha value is -3.99. The molecule has 1 fully saturated rings. The van der Waals surface area contributed by atoms with Crippen molar-refractivity contribution in [3.05, 3.63) is 54.9 Å². The minimum atomic E-state index is -5.08. The number of alkyl halides is 6. The average molecular weight is 565 g/mol. The molecule has 1 aromatic carbocycles. The Bertz CT molecular complexity index is 1120. The molecule has 2 aromatic heterocycles. The van der Waals surface area contributed by atoms with E-state index in [0.717, 1.165) is 57.2 Å². The lowest BCUT2D eigenvalue weighted by Crippen LogP contribution is -2.46. The summed E-state index contributed by atoms with van der Waals surface area (Å²) in [4.78, 5) is 34.7. The van der Waals surface area contributed by atoms with Gasteiger partial charge in [-0.1, -0.05) is 30.3 Å². The maximum atomic E-state index is 10.6. The van der Waals surface area contributed by atoms with Crippen LogP contribution in [-0.4, -0.2) is 102 Å². The number of benzene rings is 1. The monoisotopic (exact) mass is 565 g/mol. The highest BCUT2D eigenvalue weighted by Gasteiger charge is 2.38. The molecule has 0 radical (unpaired) electrons. The number of aromatic amines is 1. The van der Waals surface area contributed by atoms with Gasteiger partial charge in [0.2, 0.25) is 0 Å². The van der Waals surface area contributed by atoms with Gasteiger partial charge in [0.25, 0.3) is 0 Å². The van der Waals surface area contributed by atoms with Gasteiger partial charge in [-0.2, -0.15) is 31.4 Å². The van der Waals surface area contributed by atoms with E-state index in [1.54, 1.807) is 12.7 Å². The molecule has 1 saturated heterocycles. The van der Waals surface area contributed by atoms with E-state index in [2.05, 4.69) is 42.0 Å². The van der Waals surface area contributed by atoms with E-state index in [0.29, 0.717) is 0 Å². The van der Waals surface area contributed by atoms with Crippen LogP contribution in [-0.2, 0) is 22.7 Å². The van der Waals surface area contributed by atoms with Crippen molar-refractivity contribution in [3.63, 3.8) is 0 Å². The number of aromatic nitrogens is 5. The summed E-state index contributed by atoms with van der Waals surface area (Å²) in [5, 5.41) is 18.4. The van der Waals surface area contributed by atoms with E-state index in [-0.39, 0.29) is 0 Å². The summed E-state index contributed by atoms with van der Waals surface area (Å²) in [5.41, 5.74) is 2.31. The van der Waals surface area contributed by atoms with Crippen molar-refractivity contribution in [2.45, 2.75) is 25.4 Å². The Labute approximate surface area is 217 Å². The Morgan fingerprint density at radius 2 is 1.41 bits per heavy atom. The van der Waals surface area contributed by atoms with Gasteiger partial charge in [0.15, 0.2) is 0 Å². The van der Waals surface area contributed by atoms with Gasteiger partial charge in [-0.3, -0.25) is 14.5 Å². The van der Waals surface area contributed by atoms with E-state index in [1.807, 2.05) is 29.1 Å². The molecule has 0 atom stereocenters. The highest BCUT2D eigenvalue weighted by molar-refractivity contribution is 5.73. The quantitative estimate of drug-likeness (QED) is 0.385.